The van der Waals surface area contributed by atoms with E-state index in [2.05, 4.69) is 10.3 Å². The number of hydrogen-bond donors (Lipinski definition) is 1. The van der Waals surface area contributed by atoms with Gasteiger partial charge in [0.15, 0.2) is 0 Å². The number of carbonyl (C=O) groups excluding carboxylic acids is 1. The molecule has 1 amide bonds. The Labute approximate surface area is 121 Å². The van der Waals surface area contributed by atoms with Crippen LogP contribution in [0, 0.1) is 0 Å². The highest BCUT2D eigenvalue weighted by atomic mass is 16.4. The van der Waals surface area contributed by atoms with Crippen molar-refractivity contribution in [1.29, 1.82) is 0 Å². The molecule has 2 rings (SSSR count). The van der Waals surface area contributed by atoms with E-state index in [1.54, 1.807) is 36.7 Å². The number of carbonyl (C=O) groups is 2. The van der Waals surface area contributed by atoms with Gasteiger partial charge in [-0.3, -0.25) is 9.59 Å². The fraction of sp³-hybridized carbons (Fsp3) is 0.286. The molecule has 0 aliphatic rings. The number of hydrogen-bond acceptors (Lipinski definition) is 4. The van der Waals surface area contributed by atoms with Crippen molar-refractivity contribution in [2.24, 2.45) is 0 Å². The summed E-state index contributed by atoms with van der Waals surface area (Å²) in [5.41, 5.74) is 1.13. The Bertz CT molecular complexity index is 625. The average Bonchev–Trinajstić information content (AvgIpc) is 3.00. The van der Waals surface area contributed by atoms with E-state index in [4.69, 9.17) is 5.11 Å². The lowest BCUT2D eigenvalue weighted by atomic mass is 10.1. The smallest absolute Gasteiger partial charge is 0.323 e. The summed E-state index contributed by atoms with van der Waals surface area (Å²) in [7, 11) is 0. The van der Waals surface area contributed by atoms with E-state index < -0.39 is 5.97 Å². The lowest BCUT2D eigenvalue weighted by molar-refractivity contribution is -0.137. The standard InChI is InChI=1S/C14H16N4O3/c1-2-7-17(10-13(19)20)14(21)11-4-3-5-12(9-11)18-8-6-15-16-18/h3-6,8-9H,2,7,10H2,1H3,(H,19,20). The van der Waals surface area contributed by atoms with Crippen molar-refractivity contribution in [3.05, 3.63) is 42.2 Å². The van der Waals surface area contributed by atoms with E-state index in [9.17, 15) is 9.59 Å². The van der Waals surface area contributed by atoms with Gasteiger partial charge in [-0.2, -0.15) is 0 Å². The van der Waals surface area contributed by atoms with Gasteiger partial charge < -0.3 is 10.0 Å². The maximum atomic E-state index is 12.4. The first-order valence-electron chi connectivity index (χ1n) is 6.59. The van der Waals surface area contributed by atoms with E-state index in [0.717, 1.165) is 0 Å². The Balaban J connectivity index is 2.25. The van der Waals surface area contributed by atoms with E-state index in [0.29, 0.717) is 24.2 Å². The van der Waals surface area contributed by atoms with Crippen LogP contribution in [-0.2, 0) is 4.79 Å². The van der Waals surface area contributed by atoms with Gasteiger partial charge in [-0.25, -0.2) is 4.68 Å². The molecule has 0 fully saturated rings. The Morgan fingerprint density at radius 2 is 2.19 bits per heavy atom. The molecule has 0 saturated carbocycles. The molecule has 1 aromatic heterocycles. The summed E-state index contributed by atoms with van der Waals surface area (Å²) >= 11 is 0. The molecule has 1 N–H and O–H groups in total. The normalized spacial score (nSPS) is 10.3. The summed E-state index contributed by atoms with van der Waals surface area (Å²) in [6, 6.07) is 6.86. The molecule has 7 nitrogen and oxygen atoms in total. The van der Waals surface area contributed by atoms with E-state index >= 15 is 0 Å². The zero-order valence-corrected chi connectivity index (χ0v) is 11.6. The number of carboxylic acid groups (broad SMARTS) is 1. The minimum absolute atomic E-state index is 0.304. The van der Waals surface area contributed by atoms with Crippen molar-refractivity contribution in [1.82, 2.24) is 19.9 Å². The Hall–Kier alpha value is -2.70. The first-order chi connectivity index (χ1) is 10.1. The zero-order chi connectivity index (χ0) is 15.2. The predicted molar refractivity (Wildman–Crippen MR) is 75.2 cm³/mol. The lowest BCUT2D eigenvalue weighted by Crippen LogP contribution is -2.36. The fourth-order valence-corrected chi connectivity index (χ4v) is 2.00. The number of nitrogens with zero attached hydrogens (tertiary/aromatic N) is 4. The zero-order valence-electron chi connectivity index (χ0n) is 11.6. The van der Waals surface area contributed by atoms with Crippen molar-refractivity contribution < 1.29 is 14.7 Å². The molecule has 0 atom stereocenters. The van der Waals surface area contributed by atoms with Crippen LogP contribution in [-0.4, -0.2) is 50.0 Å². The number of carboxylic acids is 1. The van der Waals surface area contributed by atoms with E-state index in [-0.39, 0.29) is 12.5 Å². The molecule has 0 unspecified atom stereocenters. The van der Waals surface area contributed by atoms with Crippen LogP contribution in [0.1, 0.15) is 23.7 Å². The number of amides is 1. The van der Waals surface area contributed by atoms with Gasteiger partial charge in [0.1, 0.15) is 6.54 Å². The maximum Gasteiger partial charge on any atom is 0.323 e. The molecule has 1 heterocycles. The van der Waals surface area contributed by atoms with Gasteiger partial charge in [0, 0.05) is 12.1 Å². The van der Waals surface area contributed by atoms with Crippen LogP contribution < -0.4 is 0 Å². The molecule has 0 spiro atoms. The highest BCUT2D eigenvalue weighted by molar-refractivity contribution is 5.96. The fourth-order valence-electron chi connectivity index (χ4n) is 2.00. The van der Waals surface area contributed by atoms with Crippen molar-refractivity contribution in [2.75, 3.05) is 13.1 Å². The summed E-state index contributed by atoms with van der Waals surface area (Å²) in [5, 5.41) is 16.5. The molecule has 0 aliphatic heterocycles. The quantitative estimate of drug-likeness (QED) is 0.863. The summed E-state index contributed by atoms with van der Waals surface area (Å²) in [6.07, 6.45) is 3.91. The highest BCUT2D eigenvalue weighted by Crippen LogP contribution is 2.12. The third-order valence-electron chi connectivity index (χ3n) is 2.89. The number of benzene rings is 1. The molecule has 0 radical (unpaired) electrons. The second-order valence-corrected chi connectivity index (χ2v) is 4.52. The maximum absolute atomic E-state index is 12.4. The first kappa shape index (κ1) is 14.7. The Morgan fingerprint density at radius 3 is 2.81 bits per heavy atom. The highest BCUT2D eigenvalue weighted by Gasteiger charge is 2.18. The van der Waals surface area contributed by atoms with Crippen molar-refractivity contribution in [3.63, 3.8) is 0 Å². The molecular formula is C14H16N4O3. The summed E-state index contributed by atoms with van der Waals surface area (Å²) in [5.74, 6) is -1.33. The second kappa shape index (κ2) is 6.65. The third kappa shape index (κ3) is 3.65. The van der Waals surface area contributed by atoms with Crippen LogP contribution in [0.4, 0.5) is 0 Å². The summed E-state index contributed by atoms with van der Waals surface area (Å²) < 4.78 is 1.54. The average molecular weight is 288 g/mol. The summed E-state index contributed by atoms with van der Waals surface area (Å²) in [4.78, 5) is 24.6. The Morgan fingerprint density at radius 1 is 1.38 bits per heavy atom. The number of aromatic nitrogens is 3. The van der Waals surface area contributed by atoms with Gasteiger partial charge in [-0.05, 0) is 24.6 Å². The number of aliphatic carboxylic acids is 1. The second-order valence-electron chi connectivity index (χ2n) is 4.52. The van der Waals surface area contributed by atoms with Crippen molar-refractivity contribution in [3.8, 4) is 5.69 Å². The molecule has 0 aliphatic carbocycles. The van der Waals surface area contributed by atoms with Crippen LogP contribution in [0.15, 0.2) is 36.7 Å². The van der Waals surface area contributed by atoms with Crippen LogP contribution in [0.3, 0.4) is 0 Å². The van der Waals surface area contributed by atoms with E-state index in [1.807, 2.05) is 6.92 Å². The molecule has 0 bridgehead atoms. The van der Waals surface area contributed by atoms with Crippen LogP contribution in [0.25, 0.3) is 5.69 Å². The SMILES string of the molecule is CCCN(CC(=O)O)C(=O)c1cccc(-n2ccnn2)c1. The first-order valence-corrected chi connectivity index (χ1v) is 6.59. The summed E-state index contributed by atoms with van der Waals surface area (Å²) in [6.45, 7) is 1.99. The van der Waals surface area contributed by atoms with Gasteiger partial charge in [0.25, 0.3) is 5.91 Å². The van der Waals surface area contributed by atoms with Crippen LogP contribution in [0.2, 0.25) is 0 Å². The molecule has 0 saturated heterocycles. The molecule has 110 valence electrons. The molecule has 7 heteroatoms. The van der Waals surface area contributed by atoms with Gasteiger partial charge in [-0.15, -0.1) is 5.10 Å². The van der Waals surface area contributed by atoms with Crippen molar-refractivity contribution >= 4 is 11.9 Å². The lowest BCUT2D eigenvalue weighted by Gasteiger charge is -2.20. The van der Waals surface area contributed by atoms with E-state index in [1.165, 1.54) is 9.58 Å². The van der Waals surface area contributed by atoms with Crippen molar-refractivity contribution in [2.45, 2.75) is 13.3 Å². The van der Waals surface area contributed by atoms with Gasteiger partial charge >= 0.3 is 5.97 Å². The predicted octanol–water partition coefficient (Wildman–Crippen LogP) is 1.20. The topological polar surface area (TPSA) is 88.3 Å². The molecule has 21 heavy (non-hydrogen) atoms. The Kier molecular flexibility index (Phi) is 4.65. The van der Waals surface area contributed by atoms with Crippen LogP contribution in [0.5, 0.6) is 0 Å². The molecule has 2 aromatic rings. The minimum Gasteiger partial charge on any atom is -0.480 e. The van der Waals surface area contributed by atoms with Crippen LogP contribution >= 0.6 is 0 Å². The largest absolute Gasteiger partial charge is 0.480 e. The minimum atomic E-state index is -1.02. The van der Waals surface area contributed by atoms with Gasteiger partial charge in [0.2, 0.25) is 0 Å². The van der Waals surface area contributed by atoms with Gasteiger partial charge in [0.05, 0.1) is 18.1 Å². The number of rotatable bonds is 6. The molecular weight excluding hydrogens is 272 g/mol. The monoisotopic (exact) mass is 288 g/mol. The van der Waals surface area contributed by atoms with Gasteiger partial charge in [-0.1, -0.05) is 18.2 Å². The molecule has 1 aromatic carbocycles. The third-order valence-corrected chi connectivity index (χ3v) is 2.89.